The second-order valence-electron chi connectivity index (χ2n) is 2.46. The Kier molecular flexibility index (Phi) is 2.24. The molecule has 2 atom stereocenters. The van der Waals surface area contributed by atoms with E-state index in [-0.39, 0.29) is 25.3 Å². The van der Waals surface area contributed by atoms with Gasteiger partial charge in [0.05, 0.1) is 25.3 Å². The summed E-state index contributed by atoms with van der Waals surface area (Å²) in [5.41, 5.74) is 0. The van der Waals surface area contributed by atoms with Crippen molar-refractivity contribution in [2.45, 2.75) is 18.5 Å². The van der Waals surface area contributed by atoms with Crippen LogP contribution in [0, 0.1) is 0 Å². The van der Waals surface area contributed by atoms with E-state index in [9.17, 15) is 4.79 Å². The summed E-state index contributed by atoms with van der Waals surface area (Å²) in [6, 6.07) is -0.121. The van der Waals surface area contributed by atoms with E-state index in [2.05, 4.69) is 0 Å². The maximum Gasteiger partial charge on any atom is 0.210 e. The molecule has 0 spiro atoms. The van der Waals surface area contributed by atoms with Gasteiger partial charge < -0.3 is 15.1 Å². The van der Waals surface area contributed by atoms with Crippen molar-refractivity contribution in [1.82, 2.24) is 4.90 Å². The lowest BCUT2D eigenvalue weighted by Crippen LogP contribution is -2.58. The maximum absolute atomic E-state index is 10.2. The van der Waals surface area contributed by atoms with E-state index in [1.807, 2.05) is 0 Å². The van der Waals surface area contributed by atoms with Crippen LogP contribution >= 0.6 is 0 Å². The molecule has 1 amide bonds. The van der Waals surface area contributed by atoms with Crippen molar-refractivity contribution in [2.24, 2.45) is 0 Å². The number of aliphatic hydroxyl groups is 2. The fourth-order valence-electron chi connectivity index (χ4n) is 1.23. The third-order valence-electron chi connectivity index (χ3n) is 1.93. The minimum Gasteiger partial charge on any atom is -0.394 e. The van der Waals surface area contributed by atoms with E-state index in [1.54, 1.807) is 0 Å². The van der Waals surface area contributed by atoms with Crippen LogP contribution in [0.25, 0.3) is 0 Å². The predicted molar refractivity (Wildman–Crippen MR) is 34.3 cm³/mol. The molecule has 0 saturated carbocycles. The van der Waals surface area contributed by atoms with Gasteiger partial charge >= 0.3 is 0 Å². The van der Waals surface area contributed by atoms with Crippen LogP contribution in [0.5, 0.6) is 0 Å². The molecule has 0 aromatic carbocycles. The molecule has 0 aromatic heterocycles. The molecule has 1 heterocycles. The smallest absolute Gasteiger partial charge is 0.210 e. The summed E-state index contributed by atoms with van der Waals surface area (Å²) in [7, 11) is 0. The molecule has 2 N–H and O–H groups in total. The molecular weight excluding hydrogens is 134 g/mol. The quantitative estimate of drug-likeness (QED) is 0.479. The van der Waals surface area contributed by atoms with Crippen molar-refractivity contribution < 1.29 is 15.0 Å². The second kappa shape index (κ2) is 2.98. The SMILES string of the molecule is O=CN1[C@H](CO)C[C@H]1CO. The average Bonchev–Trinajstić information content (AvgIpc) is 1.89. The standard InChI is InChI=1S/C6H11NO3/c8-2-5-1-6(3-9)7(5)4-10/h4-6,8-9H,1-3H2/t5-,6-/m0/s1. The van der Waals surface area contributed by atoms with Crippen LogP contribution in [0.2, 0.25) is 0 Å². The van der Waals surface area contributed by atoms with Gasteiger partial charge in [0.1, 0.15) is 0 Å². The first-order valence-electron chi connectivity index (χ1n) is 3.28. The Balaban J connectivity index is 2.37. The number of hydrogen-bond donors (Lipinski definition) is 2. The molecule has 58 valence electrons. The van der Waals surface area contributed by atoms with Crippen molar-refractivity contribution in [1.29, 1.82) is 0 Å². The largest absolute Gasteiger partial charge is 0.394 e. The van der Waals surface area contributed by atoms with Crippen LogP contribution in [-0.4, -0.2) is 46.8 Å². The maximum atomic E-state index is 10.2. The van der Waals surface area contributed by atoms with Crippen LogP contribution in [0.3, 0.4) is 0 Å². The number of aliphatic hydroxyl groups excluding tert-OH is 2. The molecule has 1 aliphatic heterocycles. The van der Waals surface area contributed by atoms with Crippen LogP contribution in [-0.2, 0) is 4.79 Å². The molecule has 1 saturated heterocycles. The minimum absolute atomic E-state index is 0.00472. The monoisotopic (exact) mass is 145 g/mol. The van der Waals surface area contributed by atoms with Crippen LogP contribution in [0.15, 0.2) is 0 Å². The van der Waals surface area contributed by atoms with Crippen molar-refractivity contribution in [2.75, 3.05) is 13.2 Å². The van der Waals surface area contributed by atoms with Gasteiger partial charge in [-0.3, -0.25) is 4.79 Å². The Morgan fingerprint density at radius 1 is 1.40 bits per heavy atom. The Morgan fingerprint density at radius 3 is 2.20 bits per heavy atom. The molecule has 1 rings (SSSR count). The highest BCUT2D eigenvalue weighted by molar-refractivity contribution is 5.50. The van der Waals surface area contributed by atoms with Gasteiger partial charge in [0.2, 0.25) is 6.41 Å². The lowest BCUT2D eigenvalue weighted by Gasteiger charge is -2.44. The van der Waals surface area contributed by atoms with Crippen LogP contribution < -0.4 is 0 Å². The van der Waals surface area contributed by atoms with Crippen molar-refractivity contribution in [3.05, 3.63) is 0 Å². The number of amides is 1. The van der Waals surface area contributed by atoms with E-state index < -0.39 is 0 Å². The summed E-state index contributed by atoms with van der Waals surface area (Å²) in [5.74, 6) is 0. The summed E-state index contributed by atoms with van der Waals surface area (Å²) >= 11 is 0. The minimum atomic E-state index is -0.0605. The third kappa shape index (κ3) is 0.998. The molecule has 0 radical (unpaired) electrons. The van der Waals surface area contributed by atoms with E-state index in [0.29, 0.717) is 12.8 Å². The fraction of sp³-hybridized carbons (Fsp3) is 0.833. The van der Waals surface area contributed by atoms with Gasteiger partial charge in [-0.05, 0) is 6.42 Å². The highest BCUT2D eigenvalue weighted by atomic mass is 16.3. The Labute approximate surface area is 59.1 Å². The topological polar surface area (TPSA) is 60.8 Å². The van der Waals surface area contributed by atoms with Gasteiger partial charge in [-0.2, -0.15) is 0 Å². The fourth-order valence-corrected chi connectivity index (χ4v) is 1.23. The zero-order valence-electron chi connectivity index (χ0n) is 5.60. The number of likely N-dealkylation sites (tertiary alicyclic amines) is 1. The van der Waals surface area contributed by atoms with Crippen molar-refractivity contribution in [3.8, 4) is 0 Å². The van der Waals surface area contributed by atoms with Crippen molar-refractivity contribution in [3.63, 3.8) is 0 Å². The van der Waals surface area contributed by atoms with Crippen LogP contribution in [0.1, 0.15) is 6.42 Å². The van der Waals surface area contributed by atoms with Gasteiger partial charge in [0, 0.05) is 0 Å². The molecule has 0 aromatic rings. The van der Waals surface area contributed by atoms with Gasteiger partial charge in [-0.25, -0.2) is 0 Å². The number of carbonyl (C=O) groups is 1. The van der Waals surface area contributed by atoms with Gasteiger partial charge in [-0.1, -0.05) is 0 Å². The highest BCUT2D eigenvalue weighted by Gasteiger charge is 2.35. The number of rotatable bonds is 3. The molecule has 1 fully saturated rings. The summed E-state index contributed by atoms with van der Waals surface area (Å²) in [5, 5.41) is 17.2. The number of hydrogen-bond acceptors (Lipinski definition) is 3. The normalized spacial score (nSPS) is 31.6. The Hall–Kier alpha value is -0.610. The molecule has 0 aliphatic carbocycles. The first-order valence-corrected chi connectivity index (χ1v) is 3.28. The van der Waals surface area contributed by atoms with Crippen molar-refractivity contribution >= 4 is 6.41 Å². The van der Waals surface area contributed by atoms with E-state index in [4.69, 9.17) is 10.2 Å². The zero-order chi connectivity index (χ0) is 7.56. The number of carbonyl (C=O) groups excluding carboxylic acids is 1. The van der Waals surface area contributed by atoms with Gasteiger partial charge in [0.25, 0.3) is 0 Å². The molecular formula is C6H11NO3. The molecule has 10 heavy (non-hydrogen) atoms. The average molecular weight is 145 g/mol. The lowest BCUT2D eigenvalue weighted by molar-refractivity contribution is -0.135. The van der Waals surface area contributed by atoms with Gasteiger partial charge in [0.15, 0.2) is 0 Å². The molecule has 1 aliphatic rings. The first kappa shape index (κ1) is 7.50. The summed E-state index contributed by atoms with van der Waals surface area (Å²) < 4.78 is 0. The van der Waals surface area contributed by atoms with E-state index in [1.165, 1.54) is 4.90 Å². The van der Waals surface area contributed by atoms with E-state index in [0.717, 1.165) is 0 Å². The highest BCUT2D eigenvalue weighted by Crippen LogP contribution is 2.22. The first-order chi connectivity index (χ1) is 4.83. The Morgan fingerprint density at radius 2 is 1.90 bits per heavy atom. The summed E-state index contributed by atoms with van der Waals surface area (Å²) in [6.45, 7) is -0.00944. The van der Waals surface area contributed by atoms with Crippen LogP contribution in [0.4, 0.5) is 0 Å². The van der Waals surface area contributed by atoms with Gasteiger partial charge in [-0.15, -0.1) is 0 Å². The zero-order valence-corrected chi connectivity index (χ0v) is 5.60. The predicted octanol–water partition coefficient (Wildman–Crippen LogP) is -1.43. The summed E-state index contributed by atoms with van der Waals surface area (Å²) in [4.78, 5) is 11.7. The molecule has 4 heteroatoms. The third-order valence-corrected chi connectivity index (χ3v) is 1.93. The summed E-state index contributed by atoms with van der Waals surface area (Å²) in [6.07, 6.45) is 1.39. The number of nitrogens with zero attached hydrogens (tertiary/aromatic N) is 1. The molecule has 0 bridgehead atoms. The Bertz CT molecular complexity index is 118. The molecule has 4 nitrogen and oxygen atoms in total. The lowest BCUT2D eigenvalue weighted by atomic mass is 9.95. The van der Waals surface area contributed by atoms with E-state index >= 15 is 0 Å². The second-order valence-corrected chi connectivity index (χ2v) is 2.46. The molecule has 0 unspecified atom stereocenters.